The molecule has 5 heteroatoms. The number of aryl methyl sites for hydroxylation is 2. The Balaban J connectivity index is 1.55. The first kappa shape index (κ1) is 16.9. The number of amides is 1. The van der Waals surface area contributed by atoms with Crippen LogP contribution >= 0.6 is 11.8 Å². The van der Waals surface area contributed by atoms with Crippen molar-refractivity contribution in [2.75, 3.05) is 5.32 Å². The van der Waals surface area contributed by atoms with E-state index in [1.807, 2.05) is 46.8 Å². The maximum Gasteiger partial charge on any atom is 0.225 e. The van der Waals surface area contributed by atoms with Crippen molar-refractivity contribution < 1.29 is 4.79 Å². The number of benzene rings is 2. The monoisotopic (exact) mass is 363 g/mol. The third-order valence-electron chi connectivity index (χ3n) is 4.57. The Hall–Kier alpha value is -2.53. The van der Waals surface area contributed by atoms with Gasteiger partial charge in [-0.2, -0.15) is 16.9 Å². The zero-order valence-corrected chi connectivity index (χ0v) is 15.6. The number of anilines is 1. The third kappa shape index (κ3) is 3.53. The van der Waals surface area contributed by atoms with E-state index in [0.29, 0.717) is 6.42 Å². The van der Waals surface area contributed by atoms with Crippen LogP contribution in [0.15, 0.2) is 54.6 Å². The Morgan fingerprint density at radius 2 is 1.88 bits per heavy atom. The van der Waals surface area contributed by atoms with E-state index < -0.39 is 0 Å². The summed E-state index contributed by atoms with van der Waals surface area (Å²) in [7, 11) is 0. The molecule has 0 atom stereocenters. The van der Waals surface area contributed by atoms with Crippen LogP contribution in [0.5, 0.6) is 0 Å². The van der Waals surface area contributed by atoms with Gasteiger partial charge in [-0.05, 0) is 31.0 Å². The van der Waals surface area contributed by atoms with Gasteiger partial charge in [0, 0.05) is 23.5 Å². The van der Waals surface area contributed by atoms with Crippen molar-refractivity contribution >= 4 is 23.5 Å². The van der Waals surface area contributed by atoms with Crippen molar-refractivity contribution in [2.45, 2.75) is 31.3 Å². The number of nitrogens with one attached hydrogen (secondary N) is 1. The molecule has 4 nitrogen and oxygen atoms in total. The largest absolute Gasteiger partial charge is 0.310 e. The highest BCUT2D eigenvalue weighted by Crippen LogP contribution is 2.36. The van der Waals surface area contributed by atoms with Gasteiger partial charge in [0.1, 0.15) is 5.82 Å². The number of hydrogen-bond donors (Lipinski definition) is 1. The van der Waals surface area contributed by atoms with Gasteiger partial charge in [0.25, 0.3) is 0 Å². The van der Waals surface area contributed by atoms with E-state index >= 15 is 0 Å². The minimum absolute atomic E-state index is 0.0295. The average molecular weight is 363 g/mol. The number of fused-ring (bicyclic) bond motifs is 1. The van der Waals surface area contributed by atoms with Gasteiger partial charge in [0.05, 0.1) is 11.4 Å². The molecule has 2 aromatic carbocycles. The van der Waals surface area contributed by atoms with Crippen LogP contribution in [-0.4, -0.2) is 15.7 Å². The summed E-state index contributed by atoms with van der Waals surface area (Å²) in [4.78, 5) is 12.6. The number of aromatic nitrogens is 2. The van der Waals surface area contributed by atoms with E-state index in [-0.39, 0.29) is 5.91 Å². The second-order valence-corrected chi connectivity index (χ2v) is 7.53. The molecule has 0 bridgehead atoms. The molecule has 0 spiro atoms. The van der Waals surface area contributed by atoms with E-state index in [0.717, 1.165) is 40.7 Å². The lowest BCUT2D eigenvalue weighted by Crippen LogP contribution is -2.16. The third-order valence-corrected chi connectivity index (χ3v) is 5.54. The number of carbonyl (C=O) groups excluding carboxylic acids is 1. The zero-order chi connectivity index (χ0) is 17.9. The summed E-state index contributed by atoms with van der Waals surface area (Å²) < 4.78 is 1.88. The van der Waals surface area contributed by atoms with Gasteiger partial charge in [-0.1, -0.05) is 48.0 Å². The van der Waals surface area contributed by atoms with Crippen molar-refractivity contribution in [3.05, 3.63) is 77.0 Å². The smallest absolute Gasteiger partial charge is 0.225 e. The molecule has 4 rings (SSSR count). The highest BCUT2D eigenvalue weighted by atomic mass is 32.2. The number of rotatable bonds is 5. The van der Waals surface area contributed by atoms with E-state index in [4.69, 9.17) is 5.10 Å². The minimum Gasteiger partial charge on any atom is -0.310 e. The molecule has 0 unspecified atom stereocenters. The topological polar surface area (TPSA) is 46.9 Å². The first-order valence-electron chi connectivity index (χ1n) is 8.80. The summed E-state index contributed by atoms with van der Waals surface area (Å²) in [5.41, 5.74) is 5.60. The SMILES string of the molecule is Cc1ccc(-n2nc3c(c2NC(=O)CCc2ccccc2)CSC3)cc1. The fraction of sp³-hybridized carbons (Fsp3) is 0.238. The molecule has 0 fully saturated rings. The molecule has 1 aliphatic heterocycles. The molecule has 3 aromatic rings. The van der Waals surface area contributed by atoms with Gasteiger partial charge in [0.15, 0.2) is 0 Å². The first-order valence-corrected chi connectivity index (χ1v) is 9.95. The lowest BCUT2D eigenvalue weighted by Gasteiger charge is -2.11. The molecule has 1 aromatic heterocycles. The first-order chi connectivity index (χ1) is 12.7. The van der Waals surface area contributed by atoms with Crippen LogP contribution < -0.4 is 5.32 Å². The van der Waals surface area contributed by atoms with Gasteiger partial charge in [-0.15, -0.1) is 0 Å². The molecule has 1 aliphatic rings. The standard InChI is InChI=1S/C21H21N3OS/c1-15-7-10-17(11-8-15)24-21(18-13-26-14-19(18)23-24)22-20(25)12-9-16-5-3-2-4-6-16/h2-8,10-11H,9,12-14H2,1H3,(H,22,25). The molecule has 0 aliphatic carbocycles. The zero-order valence-electron chi connectivity index (χ0n) is 14.7. The van der Waals surface area contributed by atoms with Crippen molar-refractivity contribution in [1.29, 1.82) is 0 Å². The average Bonchev–Trinajstić information content (AvgIpc) is 3.24. The van der Waals surface area contributed by atoms with Gasteiger partial charge in [-0.25, -0.2) is 4.68 Å². The minimum atomic E-state index is 0.0295. The normalized spacial score (nSPS) is 12.8. The second-order valence-electron chi connectivity index (χ2n) is 6.55. The quantitative estimate of drug-likeness (QED) is 0.726. The molecule has 0 radical (unpaired) electrons. The van der Waals surface area contributed by atoms with Crippen LogP contribution in [-0.2, 0) is 22.7 Å². The van der Waals surface area contributed by atoms with Crippen LogP contribution in [0.2, 0.25) is 0 Å². The molecule has 1 N–H and O–H groups in total. The van der Waals surface area contributed by atoms with Crippen LogP contribution in [0.3, 0.4) is 0 Å². The van der Waals surface area contributed by atoms with Crippen LogP contribution in [0.25, 0.3) is 5.69 Å². The van der Waals surface area contributed by atoms with Crippen LogP contribution in [0.1, 0.15) is 28.8 Å². The molecule has 0 saturated heterocycles. The van der Waals surface area contributed by atoms with Gasteiger partial charge in [0.2, 0.25) is 5.91 Å². The van der Waals surface area contributed by atoms with E-state index in [1.54, 1.807) is 0 Å². The van der Waals surface area contributed by atoms with Crippen LogP contribution in [0.4, 0.5) is 5.82 Å². The number of nitrogens with zero attached hydrogens (tertiary/aromatic N) is 2. The predicted octanol–water partition coefficient (Wildman–Crippen LogP) is 4.50. The number of hydrogen-bond acceptors (Lipinski definition) is 3. The summed E-state index contributed by atoms with van der Waals surface area (Å²) in [5, 5.41) is 7.87. The second kappa shape index (κ2) is 7.38. The Bertz CT molecular complexity index is 916. The maximum absolute atomic E-state index is 12.6. The van der Waals surface area contributed by atoms with Gasteiger partial charge < -0.3 is 5.32 Å². The summed E-state index contributed by atoms with van der Waals surface area (Å²) in [6.07, 6.45) is 1.20. The molecular weight excluding hydrogens is 342 g/mol. The maximum atomic E-state index is 12.6. The Kier molecular flexibility index (Phi) is 4.80. The predicted molar refractivity (Wildman–Crippen MR) is 107 cm³/mol. The van der Waals surface area contributed by atoms with Gasteiger partial charge >= 0.3 is 0 Å². The molecular formula is C21H21N3OS. The van der Waals surface area contributed by atoms with Crippen molar-refractivity contribution in [3.63, 3.8) is 0 Å². The Morgan fingerprint density at radius 1 is 1.12 bits per heavy atom. The molecule has 2 heterocycles. The Labute approximate surface area is 157 Å². The Morgan fingerprint density at radius 3 is 2.65 bits per heavy atom. The highest BCUT2D eigenvalue weighted by molar-refractivity contribution is 7.98. The number of thioether (sulfide) groups is 1. The molecule has 132 valence electrons. The lowest BCUT2D eigenvalue weighted by atomic mass is 10.1. The fourth-order valence-corrected chi connectivity index (χ4v) is 4.15. The molecule has 0 saturated carbocycles. The number of carbonyl (C=O) groups is 1. The summed E-state index contributed by atoms with van der Waals surface area (Å²) in [6, 6.07) is 18.3. The molecule has 1 amide bonds. The van der Waals surface area contributed by atoms with Crippen LogP contribution in [0, 0.1) is 6.92 Å². The van der Waals surface area contributed by atoms with E-state index in [9.17, 15) is 4.79 Å². The summed E-state index contributed by atoms with van der Waals surface area (Å²) in [5.74, 6) is 2.66. The van der Waals surface area contributed by atoms with Crippen molar-refractivity contribution in [3.8, 4) is 5.69 Å². The fourth-order valence-electron chi connectivity index (χ4n) is 3.11. The summed E-state index contributed by atoms with van der Waals surface area (Å²) >= 11 is 1.84. The lowest BCUT2D eigenvalue weighted by molar-refractivity contribution is -0.116. The van der Waals surface area contributed by atoms with Crippen molar-refractivity contribution in [1.82, 2.24) is 9.78 Å². The molecule has 26 heavy (non-hydrogen) atoms. The summed E-state index contributed by atoms with van der Waals surface area (Å²) in [6.45, 7) is 2.07. The van der Waals surface area contributed by atoms with Gasteiger partial charge in [-0.3, -0.25) is 4.79 Å². The van der Waals surface area contributed by atoms with E-state index in [1.165, 1.54) is 11.1 Å². The highest BCUT2D eigenvalue weighted by Gasteiger charge is 2.24. The van der Waals surface area contributed by atoms with E-state index in [2.05, 4.69) is 36.5 Å². The van der Waals surface area contributed by atoms with Crippen molar-refractivity contribution in [2.24, 2.45) is 0 Å².